The van der Waals surface area contributed by atoms with Crippen LogP contribution in [0.15, 0.2) is 23.8 Å². The molecule has 0 radical (unpaired) electrons. The molecule has 1 spiro atoms. The number of fused-ring (bicyclic) bond motifs is 2. The number of rotatable bonds is 3. The molecule has 1 amide bonds. The van der Waals surface area contributed by atoms with Crippen molar-refractivity contribution in [2.75, 3.05) is 19.8 Å². The smallest absolute Gasteiger partial charge is 0.259 e. The first kappa shape index (κ1) is 17.6. The van der Waals surface area contributed by atoms with E-state index in [4.69, 9.17) is 16.3 Å². The lowest BCUT2D eigenvalue weighted by molar-refractivity contribution is -0.130. The summed E-state index contributed by atoms with van der Waals surface area (Å²) in [6.07, 6.45) is 1.17. The van der Waals surface area contributed by atoms with Crippen molar-refractivity contribution in [2.45, 2.75) is 25.2 Å². The van der Waals surface area contributed by atoms with Gasteiger partial charge in [-0.15, -0.1) is 0 Å². The third-order valence-corrected chi connectivity index (χ3v) is 4.85. The third-order valence-electron chi connectivity index (χ3n) is 4.62. The number of aliphatic hydroxyl groups excluding tert-OH is 1. The van der Waals surface area contributed by atoms with Gasteiger partial charge in [0.1, 0.15) is 17.1 Å². The highest BCUT2D eigenvalue weighted by atomic mass is 35.5. The number of carbonyl (C=O) groups excluding carboxylic acids is 3. The summed E-state index contributed by atoms with van der Waals surface area (Å²) in [6, 6.07) is 4.89. The van der Waals surface area contributed by atoms with Gasteiger partial charge in [0, 0.05) is 17.2 Å². The summed E-state index contributed by atoms with van der Waals surface area (Å²) >= 11 is 6.04. The zero-order valence-electron chi connectivity index (χ0n) is 13.7. The Morgan fingerprint density at radius 3 is 2.80 bits per heavy atom. The average Bonchev–Trinajstić information content (AvgIpc) is 2.59. The lowest BCUT2D eigenvalue weighted by Crippen LogP contribution is -2.49. The molecule has 2 N–H and O–H groups in total. The summed E-state index contributed by atoms with van der Waals surface area (Å²) in [6.45, 7) is 1.79. The number of ketones is 2. The molecule has 0 saturated carbocycles. The Kier molecular flexibility index (Phi) is 4.67. The van der Waals surface area contributed by atoms with Gasteiger partial charge >= 0.3 is 0 Å². The van der Waals surface area contributed by atoms with Crippen molar-refractivity contribution in [2.24, 2.45) is 0 Å². The molecule has 1 heterocycles. The monoisotopic (exact) mass is 363 g/mol. The van der Waals surface area contributed by atoms with Crippen LogP contribution in [0.25, 0.3) is 5.76 Å². The fraction of sp³-hybridized carbons (Fsp3) is 0.389. The van der Waals surface area contributed by atoms with E-state index in [0.717, 1.165) is 0 Å². The molecule has 3 rings (SSSR count). The molecule has 1 atom stereocenters. The highest BCUT2D eigenvalue weighted by Gasteiger charge is 2.50. The Bertz CT molecular complexity index is 793. The van der Waals surface area contributed by atoms with Crippen LogP contribution in [0.2, 0.25) is 5.02 Å². The van der Waals surface area contributed by atoms with Gasteiger partial charge in [0.2, 0.25) is 0 Å². The van der Waals surface area contributed by atoms with Gasteiger partial charge in [0.05, 0.1) is 18.6 Å². The molecule has 7 heteroatoms. The van der Waals surface area contributed by atoms with Crippen molar-refractivity contribution in [3.8, 4) is 0 Å². The number of halogens is 1. The molecule has 6 nitrogen and oxygen atoms in total. The first-order valence-corrected chi connectivity index (χ1v) is 8.38. The van der Waals surface area contributed by atoms with Crippen LogP contribution in [0.1, 0.15) is 30.9 Å². The van der Waals surface area contributed by atoms with Gasteiger partial charge in [-0.1, -0.05) is 17.7 Å². The van der Waals surface area contributed by atoms with Crippen LogP contribution in [-0.4, -0.2) is 42.3 Å². The van der Waals surface area contributed by atoms with Crippen LogP contribution in [-0.2, 0) is 24.5 Å². The Hall–Kier alpha value is -2.18. The molecular weight excluding hydrogens is 346 g/mol. The van der Waals surface area contributed by atoms with Crippen LogP contribution in [0.3, 0.4) is 0 Å². The molecule has 1 aliphatic heterocycles. The van der Waals surface area contributed by atoms with Gasteiger partial charge in [-0.3, -0.25) is 14.4 Å². The number of benzene rings is 1. The van der Waals surface area contributed by atoms with Crippen molar-refractivity contribution >= 4 is 34.8 Å². The predicted molar refractivity (Wildman–Crippen MR) is 91.4 cm³/mol. The fourth-order valence-corrected chi connectivity index (χ4v) is 3.60. The van der Waals surface area contributed by atoms with Crippen LogP contribution in [0.5, 0.6) is 0 Å². The van der Waals surface area contributed by atoms with Crippen LogP contribution >= 0.6 is 11.6 Å². The minimum atomic E-state index is -1.02. The van der Waals surface area contributed by atoms with Gasteiger partial charge < -0.3 is 15.2 Å². The van der Waals surface area contributed by atoms with Crippen molar-refractivity contribution in [1.29, 1.82) is 0 Å². The molecule has 1 aliphatic carbocycles. The number of Topliss-reactive ketones (excluding diaryl/α,β-unsaturated/α-hetero) is 2. The summed E-state index contributed by atoms with van der Waals surface area (Å²) < 4.78 is 5.54. The quantitative estimate of drug-likeness (QED) is 0.801. The number of hydrogen-bond donors (Lipinski definition) is 2. The molecule has 0 bridgehead atoms. The summed E-state index contributed by atoms with van der Waals surface area (Å²) in [4.78, 5) is 36.8. The molecule has 0 unspecified atom stereocenters. The van der Waals surface area contributed by atoms with Gasteiger partial charge in [-0.25, -0.2) is 0 Å². The Labute approximate surface area is 149 Å². The van der Waals surface area contributed by atoms with E-state index in [-0.39, 0.29) is 24.5 Å². The normalized spacial score (nSPS) is 22.7. The minimum Gasteiger partial charge on any atom is -0.506 e. The van der Waals surface area contributed by atoms with Gasteiger partial charge in [-0.05, 0) is 37.5 Å². The van der Waals surface area contributed by atoms with E-state index in [2.05, 4.69) is 5.32 Å². The van der Waals surface area contributed by atoms with Crippen LogP contribution < -0.4 is 5.32 Å². The number of carbonyl (C=O) groups is 3. The molecule has 1 fully saturated rings. The lowest BCUT2D eigenvalue weighted by atomic mass is 9.65. The van der Waals surface area contributed by atoms with E-state index in [0.29, 0.717) is 35.6 Å². The number of nitrogens with one attached hydrogen (secondary N) is 1. The highest BCUT2D eigenvalue weighted by Crippen LogP contribution is 2.45. The average molecular weight is 364 g/mol. The molecule has 0 aromatic heterocycles. The van der Waals surface area contributed by atoms with Crippen LogP contribution in [0, 0.1) is 0 Å². The molecule has 132 valence electrons. The van der Waals surface area contributed by atoms with Crippen molar-refractivity contribution in [1.82, 2.24) is 5.32 Å². The SMILES string of the molecule is CC(=O)CNC(=O)C1=C(O)c2cc(Cl)ccc2[C@]2(CCCOC2)C1=O. The summed E-state index contributed by atoms with van der Waals surface area (Å²) in [5.41, 5.74) is -0.401. The lowest BCUT2D eigenvalue weighted by Gasteiger charge is -2.40. The fourth-order valence-electron chi connectivity index (χ4n) is 3.42. The Morgan fingerprint density at radius 2 is 2.16 bits per heavy atom. The first-order chi connectivity index (χ1) is 11.9. The second-order valence-electron chi connectivity index (χ2n) is 6.37. The number of amides is 1. The number of hydrogen-bond acceptors (Lipinski definition) is 5. The van der Waals surface area contributed by atoms with Crippen molar-refractivity contribution < 1.29 is 24.2 Å². The van der Waals surface area contributed by atoms with E-state index >= 15 is 0 Å². The maximum Gasteiger partial charge on any atom is 0.259 e. The molecule has 25 heavy (non-hydrogen) atoms. The van der Waals surface area contributed by atoms with E-state index in [9.17, 15) is 19.5 Å². The Morgan fingerprint density at radius 1 is 1.40 bits per heavy atom. The second-order valence-corrected chi connectivity index (χ2v) is 6.80. The maximum absolute atomic E-state index is 13.2. The zero-order valence-corrected chi connectivity index (χ0v) is 14.5. The van der Waals surface area contributed by atoms with Gasteiger partial charge in [-0.2, -0.15) is 0 Å². The first-order valence-electron chi connectivity index (χ1n) is 8.00. The Balaban J connectivity index is 2.14. The van der Waals surface area contributed by atoms with E-state index in [1.54, 1.807) is 12.1 Å². The second kappa shape index (κ2) is 6.61. The van der Waals surface area contributed by atoms with Gasteiger partial charge in [0.25, 0.3) is 5.91 Å². The topological polar surface area (TPSA) is 92.7 Å². The number of ether oxygens (including phenoxy) is 1. The molecule has 1 aromatic carbocycles. The largest absolute Gasteiger partial charge is 0.506 e. The summed E-state index contributed by atoms with van der Waals surface area (Å²) in [7, 11) is 0. The van der Waals surface area contributed by atoms with E-state index < -0.39 is 22.9 Å². The summed E-state index contributed by atoms with van der Waals surface area (Å²) in [5, 5.41) is 13.3. The minimum absolute atomic E-state index is 0.136. The van der Waals surface area contributed by atoms with Crippen molar-refractivity contribution in [3.05, 3.63) is 39.9 Å². The summed E-state index contributed by atoms with van der Waals surface area (Å²) in [5.74, 6) is -1.93. The zero-order chi connectivity index (χ0) is 18.2. The molecular formula is C18H18ClNO5. The van der Waals surface area contributed by atoms with E-state index in [1.165, 1.54) is 13.0 Å². The van der Waals surface area contributed by atoms with E-state index in [1.807, 2.05) is 0 Å². The van der Waals surface area contributed by atoms with Crippen LogP contribution in [0.4, 0.5) is 0 Å². The standard InChI is InChI=1S/C18H18ClNO5/c1-10(21)8-20-17(24)14-15(22)12-7-11(19)3-4-13(12)18(16(14)23)5-2-6-25-9-18/h3-4,7,22H,2,5-6,8-9H2,1H3,(H,20,24)/t18-/m1/s1. The maximum atomic E-state index is 13.2. The third kappa shape index (κ3) is 2.96. The number of aliphatic hydroxyl groups is 1. The molecule has 2 aliphatic rings. The molecule has 1 saturated heterocycles. The predicted octanol–water partition coefficient (Wildman–Crippen LogP) is 1.95. The van der Waals surface area contributed by atoms with Crippen molar-refractivity contribution in [3.63, 3.8) is 0 Å². The highest BCUT2D eigenvalue weighted by molar-refractivity contribution is 6.32. The van der Waals surface area contributed by atoms with Gasteiger partial charge in [0.15, 0.2) is 5.78 Å². The molecule has 1 aromatic rings.